The van der Waals surface area contributed by atoms with Gasteiger partial charge in [0, 0.05) is 5.41 Å². The molecule has 0 aliphatic rings. The molecule has 13 nitrogen and oxygen atoms in total. The van der Waals surface area contributed by atoms with Gasteiger partial charge in [0.05, 0.1) is 74.1 Å². The van der Waals surface area contributed by atoms with Crippen LogP contribution in [-0.4, -0.2) is 91.3 Å². The topological polar surface area (TPSA) is 184 Å². The molecule has 0 atom stereocenters. The van der Waals surface area contributed by atoms with Crippen LogP contribution >= 0.6 is 0 Å². The zero-order chi connectivity index (χ0) is 39.5. The summed E-state index contributed by atoms with van der Waals surface area (Å²) in [6, 6.07) is 19.0. The lowest BCUT2D eigenvalue weighted by atomic mass is 9.84. The Morgan fingerprint density at radius 3 is 1.06 bits per heavy atom. The third-order valence-corrected chi connectivity index (χ3v) is 12.4. The van der Waals surface area contributed by atoms with Crippen molar-refractivity contribution in [1.82, 2.24) is 0 Å². The molecular weight excluding hydrogens is 759 g/mol. The van der Waals surface area contributed by atoms with Crippen LogP contribution in [-0.2, 0) is 57.1 Å². The van der Waals surface area contributed by atoms with Gasteiger partial charge in [-0.05, 0) is 76.6 Å². The van der Waals surface area contributed by atoms with Crippen molar-refractivity contribution in [3.63, 3.8) is 0 Å². The summed E-state index contributed by atoms with van der Waals surface area (Å²) in [5.74, 6) is 0. The van der Waals surface area contributed by atoms with Crippen molar-refractivity contribution >= 4 is 30.4 Å². The molecule has 0 aliphatic carbocycles. The maximum atomic E-state index is 12.7. The Kier molecular flexibility index (Phi) is 19.2. The summed E-state index contributed by atoms with van der Waals surface area (Å²) in [7, 11) is -12.0. The van der Waals surface area contributed by atoms with Crippen LogP contribution in [0.3, 0.4) is 0 Å². The molecule has 0 amide bonds. The van der Waals surface area contributed by atoms with Crippen LogP contribution in [0.2, 0.25) is 0 Å². The molecule has 0 heterocycles. The molecule has 0 saturated heterocycles. The number of benzene rings is 3. The van der Waals surface area contributed by atoms with E-state index in [-0.39, 0.29) is 74.1 Å². The number of hydrogen-bond donors (Lipinski definition) is 1. The molecule has 3 aromatic carbocycles. The highest BCUT2D eigenvalue weighted by Crippen LogP contribution is 2.28. The lowest BCUT2D eigenvalue weighted by Gasteiger charge is -2.33. The van der Waals surface area contributed by atoms with Gasteiger partial charge in [0.15, 0.2) is 0 Å². The summed E-state index contributed by atoms with van der Waals surface area (Å²) in [5, 5.41) is 0. The van der Waals surface area contributed by atoms with Crippen molar-refractivity contribution in [1.29, 1.82) is 0 Å². The first-order valence-electron chi connectivity index (χ1n) is 18.0. The molecule has 3 aromatic rings. The van der Waals surface area contributed by atoms with Crippen molar-refractivity contribution in [3.8, 4) is 0 Å². The number of unbranched alkanes of at least 4 members (excludes halogenated alkanes) is 4. The van der Waals surface area contributed by atoms with E-state index in [1.165, 1.54) is 36.4 Å². The lowest BCUT2D eigenvalue weighted by Crippen LogP contribution is -2.38. The second-order valence-electron chi connectivity index (χ2n) is 13.2. The number of hydrogen-bond acceptors (Lipinski definition) is 13. The quantitative estimate of drug-likeness (QED) is 0.0721. The number of ether oxygens (including phenoxy) is 3. The maximum absolute atomic E-state index is 12.7. The Balaban J connectivity index is 1.65. The van der Waals surface area contributed by atoms with E-state index >= 15 is 0 Å². The average molecular weight is 814 g/mol. The van der Waals surface area contributed by atoms with E-state index in [4.69, 9.17) is 32.5 Å². The zero-order valence-electron chi connectivity index (χ0n) is 31.4. The van der Waals surface area contributed by atoms with Crippen LogP contribution in [0.4, 0.5) is 0 Å². The summed E-state index contributed by atoms with van der Waals surface area (Å²) >= 11 is 0. The lowest BCUT2D eigenvalue weighted by molar-refractivity contribution is -0.0819. The van der Waals surface area contributed by atoms with Crippen LogP contribution in [0.1, 0.15) is 55.2 Å². The summed E-state index contributed by atoms with van der Waals surface area (Å²) in [6.07, 6.45) is 5.12. The molecule has 16 heteroatoms. The van der Waals surface area contributed by atoms with E-state index in [0.717, 1.165) is 48.8 Å². The van der Waals surface area contributed by atoms with Gasteiger partial charge in [-0.1, -0.05) is 78.8 Å². The molecule has 0 radical (unpaired) electrons. The summed E-state index contributed by atoms with van der Waals surface area (Å²) < 4.78 is 110. The number of nitrogens with two attached hydrogens (primary N) is 1. The number of aryl methyl sites for hydroxylation is 3. The third kappa shape index (κ3) is 16.1. The first-order chi connectivity index (χ1) is 25.7. The van der Waals surface area contributed by atoms with Gasteiger partial charge in [-0.2, -0.15) is 25.3 Å². The average Bonchev–Trinajstić information content (AvgIpc) is 3.13. The largest absolute Gasteiger partial charge is 0.378 e. The zero-order valence-corrected chi connectivity index (χ0v) is 33.9. The van der Waals surface area contributed by atoms with Gasteiger partial charge in [-0.25, -0.2) is 0 Å². The molecule has 0 bridgehead atoms. The molecule has 54 heavy (non-hydrogen) atoms. The van der Waals surface area contributed by atoms with Crippen molar-refractivity contribution < 1.29 is 52.0 Å². The molecule has 0 saturated carbocycles. The first kappa shape index (κ1) is 45.6. The van der Waals surface area contributed by atoms with Crippen molar-refractivity contribution in [2.45, 2.75) is 74.0 Å². The molecule has 3 rings (SSSR count). The standard InChI is InChI=1S/C38H55NO12S3/c1-32-9-15-35(16-10-32)52(40,41)49-26-23-46-29-38(21-7-5-4-6-8-22-39,30-47-24-27-50-53(42,43)36-17-11-33(2)12-18-36)31-48-25-28-51-54(44,45)37-19-13-34(3)14-20-37/h9-20H,4-8,21-31,39H2,1-3H3. The minimum absolute atomic E-state index is 0.0390. The van der Waals surface area contributed by atoms with E-state index in [2.05, 4.69) is 0 Å². The van der Waals surface area contributed by atoms with Gasteiger partial charge in [0.25, 0.3) is 30.4 Å². The van der Waals surface area contributed by atoms with Crippen LogP contribution in [0.5, 0.6) is 0 Å². The fraction of sp³-hybridized carbons (Fsp3) is 0.526. The summed E-state index contributed by atoms with van der Waals surface area (Å²) in [6.45, 7) is 5.54. The highest BCUT2D eigenvalue weighted by atomic mass is 32.2. The fourth-order valence-electron chi connectivity index (χ4n) is 5.31. The monoisotopic (exact) mass is 813 g/mol. The first-order valence-corrected chi connectivity index (χ1v) is 22.2. The smallest absolute Gasteiger partial charge is 0.297 e. The molecule has 0 unspecified atom stereocenters. The van der Waals surface area contributed by atoms with Gasteiger partial charge < -0.3 is 19.9 Å². The molecule has 2 N–H and O–H groups in total. The Morgan fingerprint density at radius 2 is 0.741 bits per heavy atom. The molecule has 0 aliphatic heterocycles. The Labute approximate surface area is 321 Å². The van der Waals surface area contributed by atoms with Crippen molar-refractivity contribution in [2.75, 3.05) is 66.0 Å². The minimum atomic E-state index is -3.99. The van der Waals surface area contributed by atoms with E-state index in [1.54, 1.807) is 36.4 Å². The van der Waals surface area contributed by atoms with Gasteiger partial charge >= 0.3 is 0 Å². The summed E-state index contributed by atoms with van der Waals surface area (Å²) in [4.78, 5) is 0.117. The second kappa shape index (κ2) is 22.7. The van der Waals surface area contributed by atoms with Gasteiger partial charge in [0.1, 0.15) is 0 Å². The third-order valence-electron chi connectivity index (χ3n) is 8.46. The molecule has 302 valence electrons. The maximum Gasteiger partial charge on any atom is 0.297 e. The SMILES string of the molecule is Cc1ccc(S(=O)(=O)OCCOCC(CCCCCCCN)(COCCOS(=O)(=O)c2ccc(C)cc2)COCCOS(=O)(=O)c2ccc(C)cc2)cc1. The van der Waals surface area contributed by atoms with E-state index < -0.39 is 35.8 Å². The van der Waals surface area contributed by atoms with Crippen LogP contribution < -0.4 is 5.73 Å². The normalized spacial score (nSPS) is 12.7. The molecule has 0 fully saturated rings. The van der Waals surface area contributed by atoms with Crippen molar-refractivity contribution in [3.05, 3.63) is 89.5 Å². The van der Waals surface area contributed by atoms with Crippen LogP contribution in [0.25, 0.3) is 0 Å². The van der Waals surface area contributed by atoms with E-state index in [0.29, 0.717) is 13.0 Å². The minimum Gasteiger partial charge on any atom is -0.378 e. The Morgan fingerprint density at radius 1 is 0.444 bits per heavy atom. The predicted octanol–water partition coefficient (Wildman–Crippen LogP) is 5.46. The molecule has 0 spiro atoms. The Bertz CT molecular complexity index is 1640. The Hall–Kier alpha value is -2.77. The molecule has 0 aromatic heterocycles. The van der Waals surface area contributed by atoms with Gasteiger partial charge in [-0.15, -0.1) is 0 Å². The van der Waals surface area contributed by atoms with Gasteiger partial charge in [0.2, 0.25) is 0 Å². The summed E-state index contributed by atoms with van der Waals surface area (Å²) in [5.41, 5.74) is 7.61. The highest BCUT2D eigenvalue weighted by Gasteiger charge is 2.32. The number of rotatable bonds is 28. The van der Waals surface area contributed by atoms with E-state index in [9.17, 15) is 25.3 Å². The molecular formula is C38H55NO12S3. The van der Waals surface area contributed by atoms with Crippen LogP contribution in [0.15, 0.2) is 87.5 Å². The fourth-order valence-corrected chi connectivity index (χ4v) is 7.99. The van der Waals surface area contributed by atoms with Gasteiger partial charge in [-0.3, -0.25) is 12.5 Å². The van der Waals surface area contributed by atoms with Crippen molar-refractivity contribution in [2.24, 2.45) is 11.1 Å². The highest BCUT2D eigenvalue weighted by molar-refractivity contribution is 7.87. The second-order valence-corrected chi connectivity index (χ2v) is 18.1. The van der Waals surface area contributed by atoms with E-state index in [1.807, 2.05) is 20.8 Å². The predicted molar refractivity (Wildman–Crippen MR) is 205 cm³/mol. The van der Waals surface area contributed by atoms with Crippen LogP contribution in [0, 0.1) is 26.2 Å².